The van der Waals surface area contributed by atoms with Crippen LogP contribution in [0.1, 0.15) is 17.3 Å². The highest BCUT2D eigenvalue weighted by molar-refractivity contribution is 9.10. The fourth-order valence-corrected chi connectivity index (χ4v) is 1.41. The summed E-state index contributed by atoms with van der Waals surface area (Å²) in [4.78, 5) is 11.6. The van der Waals surface area contributed by atoms with Gasteiger partial charge in [0.25, 0.3) is 5.91 Å². The van der Waals surface area contributed by atoms with Crippen molar-refractivity contribution in [2.24, 2.45) is 5.73 Å². The minimum Gasteiger partial charge on any atom is -0.507 e. The van der Waals surface area contributed by atoms with Gasteiger partial charge in [0.2, 0.25) is 0 Å². The van der Waals surface area contributed by atoms with Gasteiger partial charge in [0.15, 0.2) is 0 Å². The predicted octanol–water partition coefficient (Wildman–Crippen LogP) is 1.23. The Balaban J connectivity index is 2.82. The molecule has 0 bridgehead atoms. The summed E-state index contributed by atoms with van der Waals surface area (Å²) < 4.78 is 0.725. The number of hydrogen-bond donors (Lipinski definition) is 3. The van der Waals surface area contributed by atoms with Crippen molar-refractivity contribution in [2.75, 3.05) is 6.54 Å². The third kappa shape index (κ3) is 3.21. The Labute approximate surface area is 96.6 Å². The normalized spacial score (nSPS) is 12.2. The maximum Gasteiger partial charge on any atom is 0.255 e. The van der Waals surface area contributed by atoms with E-state index in [4.69, 9.17) is 5.73 Å². The first-order valence-electron chi connectivity index (χ1n) is 4.54. The molecule has 1 amide bonds. The molecule has 1 unspecified atom stereocenters. The Bertz CT molecular complexity index is 368. The van der Waals surface area contributed by atoms with Crippen LogP contribution in [0.4, 0.5) is 0 Å². The summed E-state index contributed by atoms with van der Waals surface area (Å²) in [6.07, 6.45) is 0. The summed E-state index contributed by atoms with van der Waals surface area (Å²) in [6, 6.07) is 4.61. The number of nitrogens with two attached hydrogens (primary N) is 1. The van der Waals surface area contributed by atoms with Crippen LogP contribution in [0.15, 0.2) is 22.7 Å². The number of nitrogens with one attached hydrogen (secondary N) is 1. The van der Waals surface area contributed by atoms with Gasteiger partial charge in [-0.05, 0) is 25.1 Å². The molecule has 4 nitrogen and oxygen atoms in total. The molecule has 82 valence electrons. The molecular weight excluding hydrogens is 260 g/mol. The monoisotopic (exact) mass is 272 g/mol. The minimum atomic E-state index is -0.321. The number of rotatable bonds is 3. The highest BCUT2D eigenvalue weighted by Gasteiger charge is 2.12. The lowest BCUT2D eigenvalue weighted by Gasteiger charge is -2.12. The SMILES string of the molecule is CC(CN)NC(=O)c1ccc(Br)cc1O. The molecule has 5 heteroatoms. The number of phenolic OH excluding ortho intramolecular Hbond substituents is 1. The molecule has 0 saturated heterocycles. The second-order valence-corrected chi connectivity index (χ2v) is 4.19. The summed E-state index contributed by atoms with van der Waals surface area (Å²) in [5, 5.41) is 12.2. The van der Waals surface area contributed by atoms with Crippen molar-refractivity contribution in [2.45, 2.75) is 13.0 Å². The lowest BCUT2D eigenvalue weighted by atomic mass is 10.2. The Morgan fingerprint density at radius 1 is 1.67 bits per heavy atom. The Morgan fingerprint density at radius 3 is 2.87 bits per heavy atom. The van der Waals surface area contributed by atoms with Crippen molar-refractivity contribution >= 4 is 21.8 Å². The number of hydrogen-bond acceptors (Lipinski definition) is 3. The number of carbonyl (C=O) groups is 1. The second-order valence-electron chi connectivity index (χ2n) is 3.27. The Morgan fingerprint density at radius 2 is 2.33 bits per heavy atom. The van der Waals surface area contributed by atoms with Gasteiger partial charge in [0.05, 0.1) is 5.56 Å². The van der Waals surface area contributed by atoms with Crippen LogP contribution in [0.2, 0.25) is 0 Å². The van der Waals surface area contributed by atoms with Crippen molar-refractivity contribution in [1.82, 2.24) is 5.32 Å². The average Bonchev–Trinajstić information content (AvgIpc) is 2.17. The lowest BCUT2D eigenvalue weighted by Crippen LogP contribution is -2.37. The van der Waals surface area contributed by atoms with Crippen molar-refractivity contribution in [3.05, 3.63) is 28.2 Å². The minimum absolute atomic E-state index is 0.0499. The van der Waals surface area contributed by atoms with Crippen LogP contribution in [0, 0.1) is 0 Å². The Hall–Kier alpha value is -1.07. The molecule has 0 radical (unpaired) electrons. The van der Waals surface area contributed by atoms with E-state index >= 15 is 0 Å². The van der Waals surface area contributed by atoms with E-state index in [0.29, 0.717) is 6.54 Å². The lowest BCUT2D eigenvalue weighted by molar-refractivity contribution is 0.0938. The zero-order valence-corrected chi connectivity index (χ0v) is 9.91. The van der Waals surface area contributed by atoms with Crippen LogP contribution in [0.25, 0.3) is 0 Å². The van der Waals surface area contributed by atoms with E-state index in [1.54, 1.807) is 19.1 Å². The zero-order valence-electron chi connectivity index (χ0n) is 8.33. The van der Waals surface area contributed by atoms with Crippen LogP contribution in [0.3, 0.4) is 0 Å². The first-order valence-corrected chi connectivity index (χ1v) is 5.33. The number of amides is 1. The van der Waals surface area contributed by atoms with Crippen LogP contribution in [-0.2, 0) is 0 Å². The van der Waals surface area contributed by atoms with Crippen LogP contribution >= 0.6 is 15.9 Å². The number of carbonyl (C=O) groups excluding carboxylic acids is 1. The van der Waals surface area contributed by atoms with Crippen LogP contribution in [-0.4, -0.2) is 23.6 Å². The highest BCUT2D eigenvalue weighted by atomic mass is 79.9. The second kappa shape index (κ2) is 5.14. The van der Waals surface area contributed by atoms with E-state index in [-0.39, 0.29) is 23.3 Å². The fourth-order valence-electron chi connectivity index (χ4n) is 1.06. The van der Waals surface area contributed by atoms with Gasteiger partial charge in [-0.15, -0.1) is 0 Å². The molecule has 0 aliphatic rings. The largest absolute Gasteiger partial charge is 0.507 e. The molecule has 4 N–H and O–H groups in total. The van der Waals surface area contributed by atoms with Crippen molar-refractivity contribution in [3.8, 4) is 5.75 Å². The van der Waals surface area contributed by atoms with Crippen LogP contribution < -0.4 is 11.1 Å². The molecule has 1 rings (SSSR count). The number of benzene rings is 1. The predicted molar refractivity (Wildman–Crippen MR) is 61.8 cm³/mol. The molecule has 0 fully saturated rings. The maximum absolute atomic E-state index is 11.6. The smallest absolute Gasteiger partial charge is 0.255 e. The van der Waals surface area contributed by atoms with E-state index < -0.39 is 0 Å². The van der Waals surface area contributed by atoms with Gasteiger partial charge < -0.3 is 16.2 Å². The first-order chi connectivity index (χ1) is 7.04. The molecule has 0 aromatic heterocycles. The van der Waals surface area contributed by atoms with Gasteiger partial charge in [-0.2, -0.15) is 0 Å². The summed E-state index contributed by atoms with van der Waals surface area (Å²) >= 11 is 3.20. The summed E-state index contributed by atoms with van der Waals surface area (Å²) in [7, 11) is 0. The molecule has 0 aliphatic heterocycles. The van der Waals surface area contributed by atoms with E-state index in [9.17, 15) is 9.90 Å². The fraction of sp³-hybridized carbons (Fsp3) is 0.300. The molecule has 0 heterocycles. The average molecular weight is 273 g/mol. The zero-order chi connectivity index (χ0) is 11.4. The summed E-state index contributed by atoms with van der Waals surface area (Å²) in [6.45, 7) is 2.16. The van der Waals surface area contributed by atoms with Crippen molar-refractivity contribution in [3.63, 3.8) is 0 Å². The summed E-state index contributed by atoms with van der Waals surface area (Å²) in [5.41, 5.74) is 5.62. The number of halogens is 1. The third-order valence-corrected chi connectivity index (χ3v) is 2.43. The third-order valence-electron chi connectivity index (χ3n) is 1.94. The first kappa shape index (κ1) is 12.0. The molecule has 1 atom stereocenters. The van der Waals surface area contributed by atoms with E-state index in [1.807, 2.05) is 0 Å². The Kier molecular flexibility index (Phi) is 4.11. The van der Waals surface area contributed by atoms with Gasteiger partial charge >= 0.3 is 0 Å². The maximum atomic E-state index is 11.6. The highest BCUT2D eigenvalue weighted by Crippen LogP contribution is 2.22. The van der Waals surface area contributed by atoms with Gasteiger partial charge in [-0.3, -0.25) is 4.79 Å². The van der Waals surface area contributed by atoms with Crippen molar-refractivity contribution < 1.29 is 9.90 Å². The van der Waals surface area contributed by atoms with Crippen LogP contribution in [0.5, 0.6) is 5.75 Å². The van der Waals surface area contributed by atoms with E-state index in [1.165, 1.54) is 6.07 Å². The standard InChI is InChI=1S/C10H13BrN2O2/c1-6(5-12)13-10(15)8-3-2-7(11)4-9(8)14/h2-4,6,14H,5,12H2,1H3,(H,13,15). The quantitative estimate of drug-likeness (QED) is 0.775. The van der Waals surface area contributed by atoms with E-state index in [2.05, 4.69) is 21.2 Å². The van der Waals surface area contributed by atoms with Gasteiger partial charge in [0.1, 0.15) is 5.75 Å². The molecule has 15 heavy (non-hydrogen) atoms. The molecule has 0 aliphatic carbocycles. The van der Waals surface area contributed by atoms with Crippen molar-refractivity contribution in [1.29, 1.82) is 0 Å². The van der Waals surface area contributed by atoms with Gasteiger partial charge in [-0.1, -0.05) is 15.9 Å². The molecule has 0 spiro atoms. The molecule has 1 aromatic rings. The molecule has 0 saturated carbocycles. The van der Waals surface area contributed by atoms with Gasteiger partial charge in [-0.25, -0.2) is 0 Å². The number of phenols is 1. The number of aromatic hydroxyl groups is 1. The topological polar surface area (TPSA) is 75.3 Å². The van der Waals surface area contributed by atoms with E-state index in [0.717, 1.165) is 4.47 Å². The molecular formula is C10H13BrN2O2. The molecule has 1 aromatic carbocycles. The summed E-state index contributed by atoms with van der Waals surface area (Å²) in [5.74, 6) is -0.371. The van der Waals surface area contributed by atoms with Gasteiger partial charge in [0, 0.05) is 17.1 Å².